The molecule has 0 radical (unpaired) electrons. The molecule has 0 aliphatic heterocycles. The van der Waals surface area contributed by atoms with Crippen LogP contribution in [-0.2, 0) is 9.68 Å². The van der Waals surface area contributed by atoms with E-state index in [1.807, 2.05) is 0 Å². The Morgan fingerprint density at radius 3 is 2.27 bits per heavy atom. The van der Waals surface area contributed by atoms with Crippen LogP contribution in [0.15, 0.2) is 24.4 Å². The molecule has 15 heavy (non-hydrogen) atoms. The number of aliphatic hydroxyl groups excluding tert-OH is 2. The number of hydrogen-bond acceptors (Lipinski definition) is 6. The summed E-state index contributed by atoms with van der Waals surface area (Å²) in [5, 5.41) is 18.3. The van der Waals surface area contributed by atoms with Gasteiger partial charge in [-0.25, -0.2) is 14.7 Å². The summed E-state index contributed by atoms with van der Waals surface area (Å²) in [6.07, 6.45) is 1.59. The first-order valence-electron chi connectivity index (χ1n) is 4.57. The minimum Gasteiger partial charge on any atom is -0.394 e. The summed E-state index contributed by atoms with van der Waals surface area (Å²) in [6.45, 7) is -0.0400. The first kappa shape index (κ1) is 11.9. The highest BCUT2D eigenvalue weighted by Gasteiger charge is 2.08. The first-order chi connectivity index (χ1) is 7.38. The quantitative estimate of drug-likeness (QED) is 0.609. The standard InChI is InChI=1S/C9H14N2O4/c12-5-7-14-11(15-8-6-13)9-3-1-2-4-10-9/h1-4,12-13H,5-8H2. The van der Waals surface area contributed by atoms with Crippen LogP contribution in [-0.4, -0.2) is 41.6 Å². The first-order valence-corrected chi connectivity index (χ1v) is 4.57. The molecule has 0 amide bonds. The second-order valence-electron chi connectivity index (χ2n) is 2.56. The second kappa shape index (κ2) is 7.13. The van der Waals surface area contributed by atoms with Crippen LogP contribution in [0, 0.1) is 0 Å². The van der Waals surface area contributed by atoms with Gasteiger partial charge in [0.2, 0.25) is 0 Å². The maximum atomic E-state index is 8.61. The molecule has 0 unspecified atom stereocenters. The van der Waals surface area contributed by atoms with Crippen LogP contribution in [0.5, 0.6) is 0 Å². The molecule has 0 saturated carbocycles. The van der Waals surface area contributed by atoms with Crippen molar-refractivity contribution in [2.45, 2.75) is 0 Å². The van der Waals surface area contributed by atoms with Gasteiger partial charge in [0.15, 0.2) is 5.82 Å². The molecule has 1 aromatic rings. The Kier molecular flexibility index (Phi) is 5.64. The van der Waals surface area contributed by atoms with Crippen molar-refractivity contribution in [1.82, 2.24) is 4.98 Å². The number of aliphatic hydroxyl groups is 2. The third-order valence-corrected chi connectivity index (χ3v) is 1.44. The van der Waals surface area contributed by atoms with Crippen molar-refractivity contribution in [2.75, 3.05) is 31.7 Å². The molecule has 1 heterocycles. The van der Waals surface area contributed by atoms with Gasteiger partial charge in [0.05, 0.1) is 13.2 Å². The SMILES string of the molecule is OCCON(OCCO)c1ccccn1. The predicted octanol–water partition coefficient (Wildman–Crippen LogP) is -0.264. The van der Waals surface area contributed by atoms with Gasteiger partial charge in [0, 0.05) is 6.20 Å². The van der Waals surface area contributed by atoms with Crippen molar-refractivity contribution in [1.29, 1.82) is 0 Å². The predicted molar refractivity (Wildman–Crippen MR) is 52.8 cm³/mol. The largest absolute Gasteiger partial charge is 0.394 e. The Bertz CT molecular complexity index is 250. The Hall–Kier alpha value is -1.21. The van der Waals surface area contributed by atoms with Crippen molar-refractivity contribution < 1.29 is 19.9 Å². The topological polar surface area (TPSA) is 75.1 Å². The molecule has 6 heteroatoms. The maximum Gasteiger partial charge on any atom is 0.183 e. The van der Waals surface area contributed by atoms with Gasteiger partial charge in [-0.3, -0.25) is 0 Å². The smallest absolute Gasteiger partial charge is 0.183 e. The number of aromatic nitrogens is 1. The van der Waals surface area contributed by atoms with Crippen LogP contribution in [0.1, 0.15) is 0 Å². The van der Waals surface area contributed by atoms with Gasteiger partial charge in [-0.2, -0.15) is 0 Å². The third kappa shape index (κ3) is 4.22. The Morgan fingerprint density at radius 1 is 1.13 bits per heavy atom. The normalized spacial score (nSPS) is 10.3. The Balaban J connectivity index is 2.55. The molecular formula is C9H14N2O4. The molecule has 6 nitrogen and oxygen atoms in total. The summed E-state index contributed by atoms with van der Waals surface area (Å²) >= 11 is 0. The van der Waals surface area contributed by atoms with Crippen LogP contribution in [0.2, 0.25) is 0 Å². The van der Waals surface area contributed by atoms with Crippen LogP contribution >= 0.6 is 0 Å². The molecule has 1 aromatic heterocycles. The van der Waals surface area contributed by atoms with E-state index in [9.17, 15) is 0 Å². The van der Waals surface area contributed by atoms with Gasteiger partial charge in [-0.05, 0) is 12.1 Å². The summed E-state index contributed by atoms with van der Waals surface area (Å²) in [5.41, 5.74) is 0. The number of hydrogen-bond donors (Lipinski definition) is 2. The Labute approximate surface area is 87.6 Å². The molecule has 0 fully saturated rings. The molecule has 0 spiro atoms. The molecule has 0 aliphatic carbocycles. The number of rotatable bonds is 7. The monoisotopic (exact) mass is 214 g/mol. The lowest BCUT2D eigenvalue weighted by molar-refractivity contribution is -0.104. The minimum atomic E-state index is -0.119. The van der Waals surface area contributed by atoms with Crippen molar-refractivity contribution in [3.8, 4) is 0 Å². The zero-order chi connectivity index (χ0) is 10.9. The zero-order valence-electron chi connectivity index (χ0n) is 8.24. The zero-order valence-corrected chi connectivity index (χ0v) is 8.24. The van der Waals surface area contributed by atoms with E-state index in [2.05, 4.69) is 4.98 Å². The average Bonchev–Trinajstić information content (AvgIpc) is 2.30. The van der Waals surface area contributed by atoms with E-state index in [-0.39, 0.29) is 26.4 Å². The lowest BCUT2D eigenvalue weighted by Gasteiger charge is -2.20. The Morgan fingerprint density at radius 2 is 1.80 bits per heavy atom. The molecule has 0 aliphatic rings. The fourth-order valence-corrected chi connectivity index (χ4v) is 0.879. The second-order valence-corrected chi connectivity index (χ2v) is 2.56. The molecule has 0 atom stereocenters. The summed E-state index contributed by atoms with van der Waals surface area (Å²) < 4.78 is 0. The van der Waals surface area contributed by atoms with E-state index < -0.39 is 0 Å². The van der Waals surface area contributed by atoms with Crippen LogP contribution in [0.25, 0.3) is 0 Å². The molecule has 1 rings (SSSR count). The summed E-state index contributed by atoms with van der Waals surface area (Å²) in [4.78, 5) is 14.1. The molecule has 2 N–H and O–H groups in total. The molecule has 0 aromatic carbocycles. The third-order valence-electron chi connectivity index (χ3n) is 1.44. The van der Waals surface area contributed by atoms with E-state index in [0.717, 1.165) is 5.23 Å². The highest BCUT2D eigenvalue weighted by Crippen LogP contribution is 2.09. The van der Waals surface area contributed by atoms with Gasteiger partial charge in [0.1, 0.15) is 13.2 Å². The fraction of sp³-hybridized carbons (Fsp3) is 0.444. The molecule has 0 saturated heterocycles. The van der Waals surface area contributed by atoms with Crippen LogP contribution in [0.4, 0.5) is 5.82 Å². The van der Waals surface area contributed by atoms with E-state index in [0.29, 0.717) is 5.82 Å². The fourth-order valence-electron chi connectivity index (χ4n) is 0.879. The van der Waals surface area contributed by atoms with Crippen molar-refractivity contribution in [2.24, 2.45) is 0 Å². The highest BCUT2D eigenvalue weighted by atomic mass is 17.0. The number of anilines is 1. The highest BCUT2D eigenvalue weighted by molar-refractivity contribution is 5.31. The maximum absolute atomic E-state index is 8.61. The summed E-state index contributed by atoms with van der Waals surface area (Å²) in [7, 11) is 0. The lowest BCUT2D eigenvalue weighted by atomic mass is 10.5. The van der Waals surface area contributed by atoms with Gasteiger partial charge < -0.3 is 10.2 Å². The van der Waals surface area contributed by atoms with E-state index in [1.54, 1.807) is 24.4 Å². The van der Waals surface area contributed by atoms with E-state index in [4.69, 9.17) is 19.9 Å². The van der Waals surface area contributed by atoms with Crippen LogP contribution in [0.3, 0.4) is 0 Å². The van der Waals surface area contributed by atoms with Crippen molar-refractivity contribution in [3.05, 3.63) is 24.4 Å². The lowest BCUT2D eigenvalue weighted by Crippen LogP contribution is -2.27. The van der Waals surface area contributed by atoms with Crippen molar-refractivity contribution >= 4 is 5.82 Å². The summed E-state index contributed by atoms with van der Waals surface area (Å²) in [6, 6.07) is 5.23. The molecule has 0 bridgehead atoms. The molecule has 84 valence electrons. The van der Waals surface area contributed by atoms with Gasteiger partial charge in [-0.15, -0.1) is 5.23 Å². The van der Waals surface area contributed by atoms with Crippen LogP contribution < -0.4 is 5.23 Å². The average molecular weight is 214 g/mol. The van der Waals surface area contributed by atoms with Gasteiger partial charge in [-0.1, -0.05) is 6.07 Å². The number of nitrogens with zero attached hydrogens (tertiary/aromatic N) is 2. The number of pyridine rings is 1. The summed E-state index contributed by atoms with van der Waals surface area (Å²) in [5.74, 6) is 0.458. The van der Waals surface area contributed by atoms with E-state index in [1.165, 1.54) is 0 Å². The van der Waals surface area contributed by atoms with Crippen molar-refractivity contribution in [3.63, 3.8) is 0 Å². The van der Waals surface area contributed by atoms with E-state index >= 15 is 0 Å². The minimum absolute atomic E-state index is 0.0992. The molecular weight excluding hydrogens is 200 g/mol. The van der Waals surface area contributed by atoms with Gasteiger partial charge in [0.25, 0.3) is 0 Å². The van der Waals surface area contributed by atoms with Gasteiger partial charge >= 0.3 is 0 Å².